The molecule has 3 rings (SSSR count). The van der Waals surface area contributed by atoms with Crippen LogP contribution in [0, 0.1) is 0 Å². The number of nitrogens with one attached hydrogen (secondary N) is 3. The monoisotopic (exact) mass is 347 g/mol. The fourth-order valence-electron chi connectivity index (χ4n) is 2.23. The van der Waals surface area contributed by atoms with E-state index in [2.05, 4.69) is 25.9 Å². The molecular weight excluding hydrogens is 330 g/mol. The molecule has 0 spiro atoms. The number of para-hydroxylation sites is 1. The zero-order valence-corrected chi connectivity index (χ0v) is 14.1. The van der Waals surface area contributed by atoms with E-state index in [1.54, 1.807) is 24.3 Å². The third-order valence-electron chi connectivity index (χ3n) is 3.38. The Kier molecular flexibility index (Phi) is 5.19. The van der Waals surface area contributed by atoms with Gasteiger partial charge in [-0.1, -0.05) is 18.2 Å². The Labute approximate surface area is 150 Å². The molecule has 7 heteroatoms. The molecule has 2 aromatic carbocycles. The maximum atomic E-state index is 12.4. The molecule has 0 aliphatic rings. The first-order valence-electron chi connectivity index (χ1n) is 7.94. The van der Waals surface area contributed by atoms with Crippen LogP contribution in [0.5, 0.6) is 0 Å². The summed E-state index contributed by atoms with van der Waals surface area (Å²) in [7, 11) is 0. The fraction of sp³-hybridized carbons (Fsp3) is 0.0526. The number of anilines is 4. The van der Waals surface area contributed by atoms with Gasteiger partial charge in [-0.15, -0.1) is 0 Å². The molecule has 0 unspecified atom stereocenters. The minimum Gasteiger partial charge on any atom is -0.326 e. The summed E-state index contributed by atoms with van der Waals surface area (Å²) in [6.07, 6.45) is 1.52. The van der Waals surface area contributed by atoms with Gasteiger partial charge in [0.05, 0.1) is 0 Å². The van der Waals surface area contributed by atoms with E-state index in [9.17, 15) is 9.59 Å². The lowest BCUT2D eigenvalue weighted by Crippen LogP contribution is -2.15. The summed E-state index contributed by atoms with van der Waals surface area (Å²) < 4.78 is 0. The molecule has 3 aromatic rings. The van der Waals surface area contributed by atoms with E-state index in [1.807, 2.05) is 30.3 Å². The number of benzene rings is 2. The molecule has 1 aromatic heterocycles. The van der Waals surface area contributed by atoms with Gasteiger partial charge in [0.25, 0.3) is 5.91 Å². The van der Waals surface area contributed by atoms with Gasteiger partial charge >= 0.3 is 0 Å². The van der Waals surface area contributed by atoms with Crippen LogP contribution >= 0.6 is 0 Å². The summed E-state index contributed by atoms with van der Waals surface area (Å²) >= 11 is 0. The second-order valence-corrected chi connectivity index (χ2v) is 5.47. The number of nitrogens with zero attached hydrogens (tertiary/aromatic N) is 2. The van der Waals surface area contributed by atoms with Gasteiger partial charge in [-0.25, -0.2) is 9.97 Å². The van der Waals surface area contributed by atoms with Crippen molar-refractivity contribution >= 4 is 34.8 Å². The van der Waals surface area contributed by atoms with Gasteiger partial charge in [0.1, 0.15) is 5.69 Å². The van der Waals surface area contributed by atoms with Gasteiger partial charge < -0.3 is 16.0 Å². The minimum absolute atomic E-state index is 0.152. The maximum Gasteiger partial charge on any atom is 0.274 e. The van der Waals surface area contributed by atoms with Crippen LogP contribution < -0.4 is 16.0 Å². The van der Waals surface area contributed by atoms with Crippen LogP contribution in [0.4, 0.5) is 23.0 Å². The largest absolute Gasteiger partial charge is 0.326 e. The SMILES string of the molecule is CC(=O)Nc1ccc(NC(=O)c2ccnc(Nc3ccccc3)n2)cc1. The highest BCUT2D eigenvalue weighted by atomic mass is 16.2. The van der Waals surface area contributed by atoms with Crippen LogP contribution in [0.2, 0.25) is 0 Å². The van der Waals surface area contributed by atoms with Gasteiger partial charge in [0.15, 0.2) is 0 Å². The van der Waals surface area contributed by atoms with Gasteiger partial charge in [-0.05, 0) is 42.5 Å². The molecule has 0 aliphatic heterocycles. The summed E-state index contributed by atoms with van der Waals surface area (Å²) in [5, 5.41) is 8.47. The van der Waals surface area contributed by atoms with Gasteiger partial charge in [-0.2, -0.15) is 0 Å². The van der Waals surface area contributed by atoms with Gasteiger partial charge in [0, 0.05) is 30.2 Å². The number of hydrogen-bond acceptors (Lipinski definition) is 5. The van der Waals surface area contributed by atoms with E-state index < -0.39 is 0 Å². The van der Waals surface area contributed by atoms with Crippen molar-refractivity contribution in [1.82, 2.24) is 9.97 Å². The van der Waals surface area contributed by atoms with Crippen molar-refractivity contribution in [3.63, 3.8) is 0 Å². The second-order valence-electron chi connectivity index (χ2n) is 5.47. The Bertz CT molecular complexity index is 911. The quantitative estimate of drug-likeness (QED) is 0.657. The van der Waals surface area contributed by atoms with Crippen LogP contribution in [0.1, 0.15) is 17.4 Å². The van der Waals surface area contributed by atoms with Gasteiger partial charge in [0.2, 0.25) is 11.9 Å². The average molecular weight is 347 g/mol. The summed E-state index contributed by atoms with van der Waals surface area (Å²) in [5.41, 5.74) is 2.33. The molecule has 1 heterocycles. The maximum absolute atomic E-state index is 12.4. The standard InChI is InChI=1S/C19H17N5O2/c1-13(25)21-15-7-9-16(10-8-15)22-18(26)17-11-12-20-19(24-17)23-14-5-3-2-4-6-14/h2-12H,1H3,(H,21,25)(H,22,26)(H,20,23,24). The molecule has 26 heavy (non-hydrogen) atoms. The van der Waals surface area contributed by atoms with E-state index >= 15 is 0 Å². The number of hydrogen-bond donors (Lipinski definition) is 3. The van der Waals surface area contributed by atoms with E-state index in [1.165, 1.54) is 19.2 Å². The van der Waals surface area contributed by atoms with Crippen molar-refractivity contribution in [3.05, 3.63) is 72.6 Å². The summed E-state index contributed by atoms with van der Waals surface area (Å²) in [6, 6.07) is 17.8. The highest BCUT2D eigenvalue weighted by Crippen LogP contribution is 2.15. The fourth-order valence-corrected chi connectivity index (χ4v) is 2.23. The molecule has 7 nitrogen and oxygen atoms in total. The number of carbonyl (C=O) groups excluding carboxylic acids is 2. The Morgan fingerprint density at radius 1 is 0.808 bits per heavy atom. The predicted octanol–water partition coefficient (Wildman–Crippen LogP) is 3.43. The first-order valence-corrected chi connectivity index (χ1v) is 7.94. The van der Waals surface area contributed by atoms with Crippen molar-refractivity contribution in [2.45, 2.75) is 6.92 Å². The lowest BCUT2D eigenvalue weighted by Gasteiger charge is -2.08. The molecule has 130 valence electrons. The molecule has 2 amide bonds. The van der Waals surface area contributed by atoms with Crippen LogP contribution in [-0.4, -0.2) is 21.8 Å². The van der Waals surface area contributed by atoms with Gasteiger partial charge in [-0.3, -0.25) is 9.59 Å². The Morgan fingerprint density at radius 2 is 1.46 bits per heavy atom. The Hall–Kier alpha value is -3.74. The summed E-state index contributed by atoms with van der Waals surface area (Å²) in [5.74, 6) is -0.165. The van der Waals surface area contributed by atoms with Crippen LogP contribution in [0.3, 0.4) is 0 Å². The van der Waals surface area contributed by atoms with E-state index in [0.717, 1.165) is 5.69 Å². The van der Waals surface area contributed by atoms with Crippen LogP contribution in [0.25, 0.3) is 0 Å². The molecule has 0 saturated carbocycles. The van der Waals surface area contributed by atoms with E-state index in [4.69, 9.17) is 0 Å². The topological polar surface area (TPSA) is 96.0 Å². The average Bonchev–Trinajstić information content (AvgIpc) is 2.64. The predicted molar refractivity (Wildman–Crippen MR) is 100 cm³/mol. The van der Waals surface area contributed by atoms with Crippen molar-refractivity contribution in [3.8, 4) is 0 Å². The van der Waals surface area contributed by atoms with E-state index in [-0.39, 0.29) is 17.5 Å². The van der Waals surface area contributed by atoms with Crippen molar-refractivity contribution in [1.29, 1.82) is 0 Å². The molecular formula is C19H17N5O2. The highest BCUT2D eigenvalue weighted by Gasteiger charge is 2.09. The highest BCUT2D eigenvalue weighted by molar-refractivity contribution is 6.03. The summed E-state index contributed by atoms with van der Waals surface area (Å²) in [6.45, 7) is 1.44. The van der Waals surface area contributed by atoms with Crippen molar-refractivity contribution < 1.29 is 9.59 Å². The third-order valence-corrected chi connectivity index (χ3v) is 3.38. The molecule has 0 bridgehead atoms. The smallest absolute Gasteiger partial charge is 0.274 e. The third kappa shape index (κ3) is 4.64. The zero-order chi connectivity index (χ0) is 18.4. The van der Waals surface area contributed by atoms with Crippen molar-refractivity contribution in [2.24, 2.45) is 0 Å². The Balaban J connectivity index is 1.68. The molecule has 0 atom stereocenters. The lowest BCUT2D eigenvalue weighted by atomic mass is 10.2. The molecule has 0 saturated heterocycles. The molecule has 3 N–H and O–H groups in total. The normalized spacial score (nSPS) is 10.0. The first kappa shape index (κ1) is 17.1. The van der Waals surface area contributed by atoms with E-state index in [0.29, 0.717) is 17.3 Å². The molecule has 0 aliphatic carbocycles. The number of rotatable bonds is 5. The first-order chi connectivity index (χ1) is 12.6. The van der Waals surface area contributed by atoms with Crippen LogP contribution in [-0.2, 0) is 4.79 Å². The van der Waals surface area contributed by atoms with Crippen molar-refractivity contribution in [2.75, 3.05) is 16.0 Å². The second kappa shape index (κ2) is 7.89. The minimum atomic E-state index is -0.351. The molecule has 0 radical (unpaired) electrons. The number of aromatic nitrogens is 2. The summed E-state index contributed by atoms with van der Waals surface area (Å²) in [4.78, 5) is 31.8. The Morgan fingerprint density at radius 3 is 2.12 bits per heavy atom. The zero-order valence-electron chi connectivity index (χ0n) is 14.1. The lowest BCUT2D eigenvalue weighted by molar-refractivity contribution is -0.114. The number of carbonyl (C=O) groups is 2. The molecule has 0 fully saturated rings. The van der Waals surface area contributed by atoms with Crippen LogP contribution in [0.15, 0.2) is 66.9 Å². The number of amides is 2.